The Hall–Kier alpha value is -1.49. The maximum absolute atomic E-state index is 14.1. The minimum atomic E-state index is -4.67. The molecule has 146 valence electrons. The maximum Gasteiger partial charge on any atom is 0.433 e. The van der Waals surface area contributed by atoms with Gasteiger partial charge in [0.05, 0.1) is 0 Å². The molecule has 1 saturated heterocycles. The van der Waals surface area contributed by atoms with Crippen molar-refractivity contribution in [2.24, 2.45) is 4.99 Å². The number of aryl methyl sites for hydroxylation is 1. The van der Waals surface area contributed by atoms with Gasteiger partial charge in [-0.05, 0) is 30.6 Å². The van der Waals surface area contributed by atoms with Gasteiger partial charge in [-0.15, -0.1) is 0 Å². The minimum absolute atomic E-state index is 0.00219. The van der Waals surface area contributed by atoms with Crippen molar-refractivity contribution in [1.82, 2.24) is 4.90 Å². The quantitative estimate of drug-likeness (QED) is 0.548. The fraction of sp³-hybridized carbons (Fsp3) is 0.533. The van der Waals surface area contributed by atoms with E-state index in [0.717, 1.165) is 17.0 Å². The van der Waals surface area contributed by atoms with E-state index in [1.165, 1.54) is 6.92 Å². The second-order valence-electron chi connectivity index (χ2n) is 5.84. The highest BCUT2D eigenvalue weighted by atomic mass is 32.2. The highest BCUT2D eigenvalue weighted by molar-refractivity contribution is 7.91. The van der Waals surface area contributed by atoms with E-state index in [9.17, 15) is 35.3 Å². The molecule has 0 N–H and O–H groups in total. The lowest BCUT2D eigenvalue weighted by Gasteiger charge is -2.20. The van der Waals surface area contributed by atoms with Crippen molar-refractivity contribution in [3.63, 3.8) is 0 Å². The Morgan fingerprint density at radius 1 is 1.15 bits per heavy atom. The van der Waals surface area contributed by atoms with Crippen molar-refractivity contribution in [2.45, 2.75) is 37.0 Å². The topological polar surface area (TPSA) is 38.7 Å². The van der Waals surface area contributed by atoms with Gasteiger partial charge in [-0.2, -0.15) is 26.3 Å². The average molecular weight is 404 g/mol. The molecule has 26 heavy (non-hydrogen) atoms. The van der Waals surface area contributed by atoms with Gasteiger partial charge in [0.1, 0.15) is 23.9 Å². The van der Waals surface area contributed by atoms with Crippen LogP contribution in [0, 0.1) is 12.7 Å². The van der Waals surface area contributed by atoms with Gasteiger partial charge in [-0.3, -0.25) is 0 Å². The molecule has 0 saturated carbocycles. The Kier molecular flexibility index (Phi) is 6.11. The summed E-state index contributed by atoms with van der Waals surface area (Å²) in [4.78, 5) is 4.56. The van der Waals surface area contributed by atoms with Gasteiger partial charge >= 0.3 is 12.4 Å². The Balaban J connectivity index is 2.33. The van der Waals surface area contributed by atoms with Crippen LogP contribution < -0.4 is 0 Å². The number of hydrogen-bond acceptors (Lipinski definition) is 2. The van der Waals surface area contributed by atoms with Gasteiger partial charge in [0.25, 0.3) is 0 Å². The summed E-state index contributed by atoms with van der Waals surface area (Å²) in [6.45, 7) is 0.153. The van der Waals surface area contributed by atoms with Crippen molar-refractivity contribution in [2.75, 3.05) is 18.8 Å². The molecule has 1 aliphatic rings. The first-order valence-electron chi connectivity index (χ1n) is 7.50. The van der Waals surface area contributed by atoms with Crippen LogP contribution in [-0.4, -0.2) is 46.5 Å². The van der Waals surface area contributed by atoms with Crippen molar-refractivity contribution < 1.29 is 35.3 Å². The lowest BCUT2D eigenvalue weighted by Crippen LogP contribution is -2.35. The molecule has 1 aromatic carbocycles. The van der Waals surface area contributed by atoms with Crippen LogP contribution in [0.3, 0.4) is 0 Å². The smallest absolute Gasteiger partial charge is 0.433 e. The molecular formula is C15H15F7N2OS. The van der Waals surface area contributed by atoms with E-state index < -0.39 is 47.3 Å². The second kappa shape index (κ2) is 7.63. The first-order chi connectivity index (χ1) is 11.9. The van der Waals surface area contributed by atoms with Crippen molar-refractivity contribution >= 4 is 22.7 Å². The lowest BCUT2D eigenvalue weighted by molar-refractivity contribution is -0.137. The van der Waals surface area contributed by atoms with Gasteiger partial charge in [0, 0.05) is 24.6 Å². The minimum Gasteiger partial charge on any atom is -0.611 e. The highest BCUT2D eigenvalue weighted by Crippen LogP contribution is 2.31. The van der Waals surface area contributed by atoms with Gasteiger partial charge in [0.15, 0.2) is 4.90 Å². The number of alkyl halides is 6. The summed E-state index contributed by atoms with van der Waals surface area (Å²) >= 11 is -2.47. The Bertz CT molecular complexity index is 688. The van der Waals surface area contributed by atoms with Crippen molar-refractivity contribution in [3.05, 3.63) is 23.5 Å². The summed E-state index contributed by atoms with van der Waals surface area (Å²) in [5.74, 6) is -2.50. The fourth-order valence-electron chi connectivity index (χ4n) is 2.57. The molecule has 1 aliphatic heterocycles. The molecule has 0 amide bonds. The number of likely N-dealkylation sites (tertiary alicyclic amines) is 1. The number of amidine groups is 1. The number of hydrogen-bond donors (Lipinski definition) is 0. The monoisotopic (exact) mass is 404 g/mol. The zero-order valence-electron chi connectivity index (χ0n) is 13.5. The first kappa shape index (κ1) is 20.8. The molecule has 0 aromatic heterocycles. The molecule has 0 radical (unpaired) electrons. The standard InChI is InChI=1S/C15H15F7N2OS/c1-9-5-10(16)11(6-12(9)26(25)8-15(20,21)22)23-13-3-2-4-24(13)7-14(17,18)19/h5-6H,2-4,7-8H2,1H3/b23-13+. The number of aliphatic imine (C=N–C) groups is 1. The summed E-state index contributed by atoms with van der Waals surface area (Å²) in [5, 5.41) is 0. The van der Waals surface area contributed by atoms with Crippen LogP contribution in [0.2, 0.25) is 0 Å². The largest absolute Gasteiger partial charge is 0.611 e. The van der Waals surface area contributed by atoms with E-state index in [2.05, 4.69) is 4.99 Å². The summed E-state index contributed by atoms with van der Waals surface area (Å²) in [6.07, 6.45) is -8.55. The predicted octanol–water partition coefficient (Wildman–Crippen LogP) is 4.49. The molecule has 1 heterocycles. The molecule has 3 nitrogen and oxygen atoms in total. The number of rotatable bonds is 4. The van der Waals surface area contributed by atoms with Crippen LogP contribution in [0.15, 0.2) is 22.0 Å². The Morgan fingerprint density at radius 2 is 1.81 bits per heavy atom. The fourth-order valence-corrected chi connectivity index (χ4v) is 3.68. The molecule has 1 atom stereocenters. The van der Waals surface area contributed by atoms with E-state index in [-0.39, 0.29) is 29.3 Å². The van der Waals surface area contributed by atoms with Crippen LogP contribution >= 0.6 is 0 Å². The van der Waals surface area contributed by atoms with Gasteiger partial charge in [0.2, 0.25) is 5.75 Å². The van der Waals surface area contributed by atoms with Gasteiger partial charge in [-0.1, -0.05) is 0 Å². The Morgan fingerprint density at radius 3 is 2.38 bits per heavy atom. The van der Waals surface area contributed by atoms with Crippen LogP contribution in [0.1, 0.15) is 18.4 Å². The van der Waals surface area contributed by atoms with Crippen molar-refractivity contribution in [1.29, 1.82) is 0 Å². The molecule has 11 heteroatoms. The van der Waals surface area contributed by atoms with E-state index in [1.807, 2.05) is 0 Å². The van der Waals surface area contributed by atoms with Crippen LogP contribution in [0.25, 0.3) is 0 Å². The summed E-state index contributed by atoms with van der Waals surface area (Å²) in [6, 6.07) is 1.79. The van der Waals surface area contributed by atoms with E-state index >= 15 is 0 Å². The van der Waals surface area contributed by atoms with E-state index in [0.29, 0.717) is 6.42 Å². The van der Waals surface area contributed by atoms with Gasteiger partial charge < -0.3 is 9.45 Å². The normalized spacial score (nSPS) is 18.7. The molecule has 2 rings (SSSR count). The number of benzene rings is 1. The van der Waals surface area contributed by atoms with E-state index in [4.69, 9.17) is 0 Å². The third-order valence-corrected chi connectivity index (χ3v) is 5.12. The third-order valence-electron chi connectivity index (χ3n) is 3.60. The second-order valence-corrected chi connectivity index (χ2v) is 7.26. The third kappa shape index (κ3) is 5.76. The van der Waals surface area contributed by atoms with Crippen LogP contribution in [0.4, 0.5) is 36.4 Å². The summed E-state index contributed by atoms with van der Waals surface area (Å²) < 4.78 is 101. The Labute approximate surface area is 148 Å². The van der Waals surface area contributed by atoms with Crippen molar-refractivity contribution in [3.8, 4) is 0 Å². The number of halogens is 7. The molecule has 0 spiro atoms. The molecule has 0 bridgehead atoms. The molecule has 0 aliphatic carbocycles. The molecular weight excluding hydrogens is 389 g/mol. The van der Waals surface area contributed by atoms with Crippen LogP contribution in [-0.2, 0) is 11.2 Å². The first-order valence-corrected chi connectivity index (χ1v) is 8.82. The average Bonchev–Trinajstić information content (AvgIpc) is 2.84. The van der Waals surface area contributed by atoms with Gasteiger partial charge in [-0.25, -0.2) is 9.38 Å². The molecule has 1 unspecified atom stereocenters. The van der Waals surface area contributed by atoms with Crippen LogP contribution in [0.5, 0.6) is 0 Å². The van der Waals surface area contributed by atoms with E-state index in [1.54, 1.807) is 0 Å². The SMILES string of the molecule is Cc1cc(F)c(/N=C2\CCCN2CC(F)(F)F)cc1[S+]([O-])CC(F)(F)F. The summed E-state index contributed by atoms with van der Waals surface area (Å²) in [7, 11) is 0. The lowest BCUT2D eigenvalue weighted by atomic mass is 10.2. The zero-order valence-corrected chi connectivity index (χ0v) is 14.4. The summed E-state index contributed by atoms with van der Waals surface area (Å²) in [5.41, 5.74) is -0.377. The molecule has 1 aromatic rings. The maximum atomic E-state index is 14.1. The zero-order chi connectivity index (χ0) is 19.7. The highest BCUT2D eigenvalue weighted by Gasteiger charge is 2.37. The number of nitrogens with zero attached hydrogens (tertiary/aromatic N) is 2. The predicted molar refractivity (Wildman–Crippen MR) is 82.4 cm³/mol. The molecule has 1 fully saturated rings.